The molecule has 0 heterocycles. The third-order valence-corrected chi connectivity index (χ3v) is 4.28. The molecule has 1 atom stereocenters. The quantitative estimate of drug-likeness (QED) is 0.806. The van der Waals surface area contributed by atoms with E-state index in [0.717, 1.165) is 11.6 Å². The molecule has 0 spiro atoms. The van der Waals surface area contributed by atoms with Crippen molar-refractivity contribution in [1.82, 2.24) is 5.32 Å². The van der Waals surface area contributed by atoms with Crippen LogP contribution in [0.3, 0.4) is 0 Å². The first kappa shape index (κ1) is 15.1. The summed E-state index contributed by atoms with van der Waals surface area (Å²) in [6.07, 6.45) is 0.715. The van der Waals surface area contributed by atoms with Gasteiger partial charge in [-0.1, -0.05) is 30.3 Å². The first-order valence-corrected chi connectivity index (χ1v) is 7.19. The zero-order valence-corrected chi connectivity index (χ0v) is 13.0. The summed E-state index contributed by atoms with van der Waals surface area (Å²) in [5, 5.41) is 3.16. The molecule has 106 valence electrons. The summed E-state index contributed by atoms with van der Waals surface area (Å²) in [5.74, 6) is -1.68. The van der Waals surface area contributed by atoms with Crippen LogP contribution in [0.4, 0.5) is 8.78 Å². The lowest BCUT2D eigenvalue weighted by molar-refractivity contribution is 0.495. The second-order valence-electron chi connectivity index (χ2n) is 4.74. The Bertz CT molecular complexity index is 613. The molecule has 0 bridgehead atoms. The van der Waals surface area contributed by atoms with E-state index in [9.17, 15) is 8.78 Å². The van der Waals surface area contributed by atoms with Crippen molar-refractivity contribution in [3.05, 3.63) is 69.2 Å². The van der Waals surface area contributed by atoms with Gasteiger partial charge < -0.3 is 5.32 Å². The first-order chi connectivity index (χ1) is 9.54. The number of aryl methyl sites for hydroxylation is 1. The fraction of sp³-hybridized carbons (Fsp3) is 0.250. The van der Waals surface area contributed by atoms with Crippen molar-refractivity contribution in [2.24, 2.45) is 0 Å². The van der Waals surface area contributed by atoms with Crippen LogP contribution in [0.1, 0.15) is 22.7 Å². The van der Waals surface area contributed by atoms with Gasteiger partial charge in [-0.25, -0.2) is 8.78 Å². The molecule has 4 heteroatoms. The molecule has 0 aliphatic carbocycles. The molecular formula is C16H16BrF2N. The van der Waals surface area contributed by atoms with Crippen LogP contribution in [0.25, 0.3) is 0 Å². The highest BCUT2D eigenvalue weighted by atomic mass is 79.9. The second-order valence-corrected chi connectivity index (χ2v) is 5.53. The summed E-state index contributed by atoms with van der Waals surface area (Å²) in [7, 11) is 1.82. The molecule has 0 saturated heterocycles. The number of halogens is 3. The molecule has 0 aliphatic rings. The van der Waals surface area contributed by atoms with E-state index >= 15 is 0 Å². The molecule has 1 nitrogen and oxygen atoms in total. The normalized spacial score (nSPS) is 12.4. The molecular weight excluding hydrogens is 324 g/mol. The van der Waals surface area contributed by atoms with Gasteiger partial charge in [0.1, 0.15) is 0 Å². The molecule has 2 aromatic rings. The summed E-state index contributed by atoms with van der Waals surface area (Å²) in [6, 6.07) is 10.8. The minimum atomic E-state index is -0.841. The van der Waals surface area contributed by atoms with E-state index < -0.39 is 11.6 Å². The lowest BCUT2D eigenvalue weighted by Gasteiger charge is -2.19. The van der Waals surface area contributed by atoms with Gasteiger partial charge in [0.2, 0.25) is 0 Å². The molecule has 0 saturated carbocycles. The number of rotatable bonds is 4. The van der Waals surface area contributed by atoms with Crippen LogP contribution in [0.2, 0.25) is 0 Å². The standard InChI is InChI=1S/C16H16BrF2N/c1-10-5-3-4-6-11(10)9-14(20-2)12-7-8-13(18)16(19)15(12)17/h3-8,14,20H,9H2,1-2H3. The Hall–Kier alpha value is -1.26. The average molecular weight is 340 g/mol. The van der Waals surface area contributed by atoms with E-state index in [2.05, 4.69) is 21.2 Å². The lowest BCUT2D eigenvalue weighted by Crippen LogP contribution is -2.20. The minimum Gasteiger partial charge on any atom is -0.313 e. The van der Waals surface area contributed by atoms with Crippen molar-refractivity contribution in [3.63, 3.8) is 0 Å². The summed E-state index contributed by atoms with van der Waals surface area (Å²) < 4.78 is 27.0. The highest BCUT2D eigenvalue weighted by molar-refractivity contribution is 9.10. The van der Waals surface area contributed by atoms with Crippen LogP contribution in [-0.2, 0) is 6.42 Å². The Morgan fingerprint density at radius 2 is 1.85 bits per heavy atom. The largest absolute Gasteiger partial charge is 0.313 e. The highest BCUT2D eigenvalue weighted by Crippen LogP contribution is 2.30. The van der Waals surface area contributed by atoms with Crippen molar-refractivity contribution in [2.45, 2.75) is 19.4 Å². The van der Waals surface area contributed by atoms with Gasteiger partial charge in [-0.3, -0.25) is 0 Å². The Morgan fingerprint density at radius 1 is 1.15 bits per heavy atom. The van der Waals surface area contributed by atoms with E-state index in [4.69, 9.17) is 0 Å². The zero-order chi connectivity index (χ0) is 14.7. The number of nitrogens with one attached hydrogen (secondary N) is 1. The van der Waals surface area contributed by atoms with E-state index in [1.54, 1.807) is 6.07 Å². The monoisotopic (exact) mass is 339 g/mol. The van der Waals surface area contributed by atoms with Gasteiger partial charge in [0.05, 0.1) is 4.47 Å². The van der Waals surface area contributed by atoms with Gasteiger partial charge in [-0.05, 0) is 59.1 Å². The maximum atomic E-state index is 13.7. The molecule has 0 aromatic heterocycles. The van der Waals surface area contributed by atoms with Gasteiger partial charge >= 0.3 is 0 Å². The van der Waals surface area contributed by atoms with Crippen LogP contribution >= 0.6 is 15.9 Å². The van der Waals surface area contributed by atoms with Crippen LogP contribution < -0.4 is 5.32 Å². The van der Waals surface area contributed by atoms with E-state index in [1.807, 2.05) is 38.2 Å². The Kier molecular flexibility index (Phi) is 4.89. The Labute approximate surface area is 126 Å². The van der Waals surface area contributed by atoms with Crippen molar-refractivity contribution in [2.75, 3.05) is 7.05 Å². The average Bonchev–Trinajstić information content (AvgIpc) is 2.45. The summed E-state index contributed by atoms with van der Waals surface area (Å²) >= 11 is 3.15. The highest BCUT2D eigenvalue weighted by Gasteiger charge is 2.18. The summed E-state index contributed by atoms with van der Waals surface area (Å²) in [4.78, 5) is 0. The minimum absolute atomic E-state index is 0.0828. The van der Waals surface area contributed by atoms with Gasteiger partial charge in [0.25, 0.3) is 0 Å². The molecule has 0 amide bonds. The Balaban J connectivity index is 2.34. The molecule has 2 aromatic carbocycles. The molecule has 0 aliphatic heterocycles. The fourth-order valence-electron chi connectivity index (χ4n) is 2.24. The SMILES string of the molecule is CNC(Cc1ccccc1C)c1ccc(F)c(F)c1Br. The van der Waals surface area contributed by atoms with Gasteiger partial charge in [-0.2, -0.15) is 0 Å². The van der Waals surface area contributed by atoms with Crippen LogP contribution in [-0.4, -0.2) is 7.05 Å². The maximum absolute atomic E-state index is 13.7. The number of hydrogen-bond donors (Lipinski definition) is 1. The topological polar surface area (TPSA) is 12.0 Å². The fourth-order valence-corrected chi connectivity index (χ4v) is 2.83. The summed E-state index contributed by atoms with van der Waals surface area (Å²) in [5.41, 5.74) is 3.09. The number of likely N-dealkylation sites (N-methyl/N-ethyl adjacent to an activating group) is 1. The predicted octanol–water partition coefficient (Wildman–Crippen LogP) is 4.54. The third kappa shape index (κ3) is 3.07. The smallest absolute Gasteiger partial charge is 0.173 e. The molecule has 1 unspecified atom stereocenters. The van der Waals surface area contributed by atoms with Crippen molar-refractivity contribution < 1.29 is 8.78 Å². The molecule has 2 rings (SSSR count). The van der Waals surface area contributed by atoms with Gasteiger partial charge in [0.15, 0.2) is 11.6 Å². The van der Waals surface area contributed by atoms with Crippen LogP contribution in [0.5, 0.6) is 0 Å². The molecule has 0 radical (unpaired) electrons. The van der Waals surface area contributed by atoms with Crippen molar-refractivity contribution in [1.29, 1.82) is 0 Å². The predicted molar refractivity (Wildman–Crippen MR) is 80.7 cm³/mol. The number of hydrogen-bond acceptors (Lipinski definition) is 1. The Morgan fingerprint density at radius 3 is 2.50 bits per heavy atom. The van der Waals surface area contributed by atoms with Crippen LogP contribution in [0.15, 0.2) is 40.9 Å². The molecule has 20 heavy (non-hydrogen) atoms. The van der Waals surface area contributed by atoms with E-state index in [1.165, 1.54) is 11.1 Å². The lowest BCUT2D eigenvalue weighted by atomic mass is 9.96. The van der Waals surface area contributed by atoms with Gasteiger partial charge in [0, 0.05) is 6.04 Å². The van der Waals surface area contributed by atoms with E-state index in [0.29, 0.717) is 6.42 Å². The first-order valence-electron chi connectivity index (χ1n) is 6.39. The summed E-state index contributed by atoms with van der Waals surface area (Å²) in [6.45, 7) is 2.04. The second kappa shape index (κ2) is 6.46. The van der Waals surface area contributed by atoms with E-state index in [-0.39, 0.29) is 10.5 Å². The third-order valence-electron chi connectivity index (χ3n) is 3.47. The molecule has 1 N–H and O–H groups in total. The van der Waals surface area contributed by atoms with Crippen LogP contribution in [0, 0.1) is 18.6 Å². The molecule has 0 fully saturated rings. The number of benzene rings is 2. The van der Waals surface area contributed by atoms with Gasteiger partial charge in [-0.15, -0.1) is 0 Å². The van der Waals surface area contributed by atoms with Crippen molar-refractivity contribution in [3.8, 4) is 0 Å². The maximum Gasteiger partial charge on any atom is 0.173 e. The zero-order valence-electron chi connectivity index (χ0n) is 11.4. The van der Waals surface area contributed by atoms with Crippen molar-refractivity contribution >= 4 is 15.9 Å².